The van der Waals surface area contributed by atoms with Crippen molar-refractivity contribution in [2.45, 2.75) is 26.2 Å². The molecule has 1 aromatic carbocycles. The van der Waals surface area contributed by atoms with Gasteiger partial charge in [-0.15, -0.1) is 0 Å². The van der Waals surface area contributed by atoms with Crippen molar-refractivity contribution in [3.8, 4) is 45.4 Å². The second kappa shape index (κ2) is 9.77. The van der Waals surface area contributed by atoms with Gasteiger partial charge in [-0.25, -0.2) is 9.97 Å². The number of aromatic nitrogens is 7. The fourth-order valence-corrected chi connectivity index (χ4v) is 4.75. The maximum atomic E-state index is 12.2. The van der Waals surface area contributed by atoms with Crippen molar-refractivity contribution in [3.05, 3.63) is 61.2 Å². The van der Waals surface area contributed by atoms with Crippen molar-refractivity contribution in [2.24, 2.45) is 0 Å². The predicted octanol–water partition coefficient (Wildman–Crippen LogP) is 5.48. The Morgan fingerprint density at radius 2 is 1.82 bits per heavy atom. The van der Waals surface area contributed by atoms with Gasteiger partial charge in [0.05, 0.1) is 40.3 Å². The summed E-state index contributed by atoms with van der Waals surface area (Å²) >= 11 is 0. The van der Waals surface area contributed by atoms with Crippen molar-refractivity contribution >= 4 is 33.7 Å². The largest absolute Gasteiger partial charge is 0.454 e. The fourth-order valence-electron chi connectivity index (χ4n) is 4.75. The minimum absolute atomic E-state index is 0.0270. The molecule has 1 aliphatic rings. The maximum absolute atomic E-state index is 12.2. The number of ether oxygens (including phenoxy) is 2. The van der Waals surface area contributed by atoms with Gasteiger partial charge in [-0.1, -0.05) is 19.4 Å². The van der Waals surface area contributed by atoms with Crippen LogP contribution in [0.4, 0.5) is 5.69 Å². The van der Waals surface area contributed by atoms with Crippen LogP contribution in [0.25, 0.3) is 56.0 Å². The highest BCUT2D eigenvalue weighted by Crippen LogP contribution is 2.38. The summed E-state index contributed by atoms with van der Waals surface area (Å²) in [5.74, 6) is 1.95. The number of hydrogen-bond donors (Lipinski definition) is 3. The van der Waals surface area contributed by atoms with Gasteiger partial charge in [-0.05, 0) is 42.3 Å². The lowest BCUT2D eigenvalue weighted by molar-refractivity contribution is -0.116. The zero-order valence-corrected chi connectivity index (χ0v) is 21.6. The topological polar surface area (TPSA) is 144 Å². The summed E-state index contributed by atoms with van der Waals surface area (Å²) in [7, 11) is 0. The van der Waals surface area contributed by atoms with E-state index in [9.17, 15) is 4.79 Å². The molecule has 6 heterocycles. The van der Waals surface area contributed by atoms with Gasteiger partial charge in [0.2, 0.25) is 12.7 Å². The number of imidazole rings is 1. The van der Waals surface area contributed by atoms with Crippen LogP contribution in [0.1, 0.15) is 26.2 Å². The molecule has 0 atom stereocenters. The highest BCUT2D eigenvalue weighted by molar-refractivity contribution is 5.96. The summed E-state index contributed by atoms with van der Waals surface area (Å²) in [6, 6.07) is 11.5. The molecular formula is C29H24N8O3. The minimum Gasteiger partial charge on any atom is -0.454 e. The Labute approximate surface area is 228 Å². The van der Waals surface area contributed by atoms with Crippen molar-refractivity contribution in [1.82, 2.24) is 35.1 Å². The van der Waals surface area contributed by atoms with Crippen LogP contribution in [-0.4, -0.2) is 47.8 Å². The molecule has 1 aliphatic heterocycles. The second-order valence-electron chi connectivity index (χ2n) is 9.52. The van der Waals surface area contributed by atoms with Crippen molar-refractivity contribution < 1.29 is 14.3 Å². The molecule has 0 spiro atoms. The van der Waals surface area contributed by atoms with Gasteiger partial charge >= 0.3 is 0 Å². The van der Waals surface area contributed by atoms with E-state index in [0.29, 0.717) is 40.6 Å². The Kier molecular flexibility index (Phi) is 5.81. The number of amides is 1. The maximum Gasteiger partial charge on any atom is 0.231 e. The Bertz CT molecular complexity index is 1890. The highest BCUT2D eigenvalue weighted by atomic mass is 16.7. The van der Waals surface area contributed by atoms with E-state index in [4.69, 9.17) is 19.4 Å². The molecule has 5 aromatic heterocycles. The summed E-state index contributed by atoms with van der Waals surface area (Å²) < 4.78 is 11.0. The number of fused-ring (bicyclic) bond motifs is 3. The Morgan fingerprint density at radius 3 is 2.75 bits per heavy atom. The van der Waals surface area contributed by atoms with E-state index in [0.717, 1.165) is 51.8 Å². The number of benzene rings is 1. The fraction of sp³-hybridized carbons (Fsp3) is 0.172. The van der Waals surface area contributed by atoms with Gasteiger partial charge in [0.1, 0.15) is 5.52 Å². The zero-order chi connectivity index (χ0) is 27.1. The quantitative estimate of drug-likeness (QED) is 0.245. The van der Waals surface area contributed by atoms with E-state index in [-0.39, 0.29) is 12.7 Å². The number of carbonyl (C=O) groups excluding carboxylic acids is 1. The Hall–Kier alpha value is -5.32. The average Bonchev–Trinajstić information content (AvgIpc) is 3.73. The van der Waals surface area contributed by atoms with Crippen LogP contribution in [-0.2, 0) is 4.79 Å². The van der Waals surface area contributed by atoms with Crippen molar-refractivity contribution in [3.63, 3.8) is 0 Å². The number of aromatic amines is 2. The van der Waals surface area contributed by atoms with Crippen LogP contribution in [0.3, 0.4) is 0 Å². The Morgan fingerprint density at radius 1 is 0.925 bits per heavy atom. The number of nitrogens with zero attached hydrogens (tertiary/aromatic N) is 5. The number of anilines is 1. The monoisotopic (exact) mass is 532 g/mol. The summed E-state index contributed by atoms with van der Waals surface area (Å²) in [5.41, 5.74) is 7.43. The van der Waals surface area contributed by atoms with Crippen LogP contribution in [0.15, 0.2) is 61.2 Å². The van der Waals surface area contributed by atoms with Gasteiger partial charge in [-0.3, -0.25) is 19.9 Å². The van der Waals surface area contributed by atoms with E-state index in [1.165, 1.54) is 0 Å². The first-order chi connectivity index (χ1) is 19.7. The normalized spacial score (nSPS) is 12.3. The van der Waals surface area contributed by atoms with E-state index >= 15 is 0 Å². The molecule has 6 aromatic rings. The number of H-pyrrole nitrogens is 2. The lowest BCUT2D eigenvalue weighted by Crippen LogP contribution is -2.11. The molecule has 40 heavy (non-hydrogen) atoms. The molecule has 0 saturated heterocycles. The molecular weight excluding hydrogens is 508 g/mol. The standard InChI is InChI=1S/C29H24N8O3/c1-2-3-4-25(38)32-18-9-17(11-30-12-18)20-6-7-21-27(33-20)28(37-36-21)29-34-22-14-31-13-19(26(22)35-29)16-5-8-23-24(10-16)40-15-39-23/h5-14H,2-4,15H2,1H3,(H,32,38)(H,34,35)(H,36,37). The lowest BCUT2D eigenvalue weighted by Gasteiger charge is -2.07. The number of pyridine rings is 3. The molecule has 11 heteroatoms. The van der Waals surface area contributed by atoms with Crippen LogP contribution in [0, 0.1) is 0 Å². The highest BCUT2D eigenvalue weighted by Gasteiger charge is 2.19. The minimum atomic E-state index is -0.0270. The third kappa shape index (κ3) is 4.27. The summed E-state index contributed by atoms with van der Waals surface area (Å²) in [4.78, 5) is 34.1. The summed E-state index contributed by atoms with van der Waals surface area (Å²) in [5, 5.41) is 10.5. The molecule has 198 valence electrons. The smallest absolute Gasteiger partial charge is 0.231 e. The van der Waals surface area contributed by atoms with E-state index in [1.807, 2.05) is 36.4 Å². The number of rotatable bonds is 7. The van der Waals surface area contributed by atoms with Gasteiger partial charge in [0, 0.05) is 29.9 Å². The molecule has 0 bridgehead atoms. The predicted molar refractivity (Wildman–Crippen MR) is 150 cm³/mol. The van der Waals surface area contributed by atoms with Crippen LogP contribution in [0.2, 0.25) is 0 Å². The molecule has 0 radical (unpaired) electrons. The molecule has 0 fully saturated rings. The SMILES string of the molecule is CCCCC(=O)Nc1cncc(-c2ccc3[nH]nc(-c4nc5c(-c6ccc7c(c6)OCO7)cncc5[nH]4)c3n2)c1. The molecule has 0 aliphatic carbocycles. The molecule has 11 nitrogen and oxygen atoms in total. The van der Waals surface area contributed by atoms with Crippen molar-refractivity contribution in [2.75, 3.05) is 12.1 Å². The number of carbonyl (C=O) groups is 1. The van der Waals surface area contributed by atoms with Gasteiger partial charge in [-0.2, -0.15) is 5.10 Å². The molecule has 3 N–H and O–H groups in total. The van der Waals surface area contributed by atoms with Gasteiger partial charge in [0.25, 0.3) is 0 Å². The Balaban J connectivity index is 1.24. The third-order valence-electron chi connectivity index (χ3n) is 6.78. The van der Waals surface area contributed by atoms with Crippen LogP contribution >= 0.6 is 0 Å². The summed E-state index contributed by atoms with van der Waals surface area (Å²) in [6.45, 7) is 2.27. The number of unbranched alkanes of at least 4 members (excludes halogenated alkanes) is 1. The molecule has 0 unspecified atom stereocenters. The van der Waals surface area contributed by atoms with Gasteiger partial charge in [0.15, 0.2) is 23.0 Å². The lowest BCUT2D eigenvalue weighted by atomic mass is 10.1. The molecule has 7 rings (SSSR count). The number of hydrogen-bond acceptors (Lipinski definition) is 8. The third-order valence-corrected chi connectivity index (χ3v) is 6.78. The van der Waals surface area contributed by atoms with Crippen LogP contribution < -0.4 is 14.8 Å². The second-order valence-corrected chi connectivity index (χ2v) is 9.52. The van der Waals surface area contributed by atoms with E-state index < -0.39 is 0 Å². The zero-order valence-electron chi connectivity index (χ0n) is 21.6. The van der Waals surface area contributed by atoms with E-state index in [1.54, 1.807) is 24.8 Å². The summed E-state index contributed by atoms with van der Waals surface area (Å²) in [6.07, 6.45) is 9.16. The first-order valence-electron chi connectivity index (χ1n) is 13.0. The van der Waals surface area contributed by atoms with Crippen molar-refractivity contribution in [1.29, 1.82) is 0 Å². The first kappa shape index (κ1) is 23.8. The molecule has 0 saturated carbocycles. The van der Waals surface area contributed by atoms with Gasteiger partial charge < -0.3 is 19.8 Å². The van der Waals surface area contributed by atoms with E-state index in [2.05, 4.69) is 37.4 Å². The average molecular weight is 533 g/mol. The van der Waals surface area contributed by atoms with Crippen LogP contribution in [0.5, 0.6) is 11.5 Å². The number of nitrogens with one attached hydrogen (secondary N) is 3. The molecule has 1 amide bonds. The first-order valence-corrected chi connectivity index (χ1v) is 13.0.